The van der Waals surface area contributed by atoms with E-state index in [0.29, 0.717) is 49.7 Å². The van der Waals surface area contributed by atoms with Gasteiger partial charge in [-0.1, -0.05) is 36.8 Å². The lowest BCUT2D eigenvalue weighted by molar-refractivity contribution is -0.139. The molecular formula is C27H28N2O6S. The highest BCUT2D eigenvalue weighted by molar-refractivity contribution is 7.07. The number of thiazole rings is 1. The van der Waals surface area contributed by atoms with Gasteiger partial charge in [0.1, 0.15) is 23.3 Å². The summed E-state index contributed by atoms with van der Waals surface area (Å²) in [6.07, 6.45) is 2.99. The van der Waals surface area contributed by atoms with Crippen LogP contribution in [-0.2, 0) is 9.53 Å². The van der Waals surface area contributed by atoms with Gasteiger partial charge in [-0.05, 0) is 55.3 Å². The molecule has 0 radical (unpaired) electrons. The molecule has 0 bridgehead atoms. The number of carbonyl (C=O) groups is 1. The quantitative estimate of drug-likeness (QED) is 0.469. The molecule has 1 atom stereocenters. The fourth-order valence-corrected chi connectivity index (χ4v) is 5.25. The zero-order valence-corrected chi connectivity index (χ0v) is 21.4. The summed E-state index contributed by atoms with van der Waals surface area (Å²) in [7, 11) is 3.09. The maximum absolute atomic E-state index is 13.8. The smallest absolute Gasteiger partial charge is 0.338 e. The van der Waals surface area contributed by atoms with Crippen LogP contribution >= 0.6 is 11.3 Å². The van der Waals surface area contributed by atoms with E-state index in [1.54, 1.807) is 62.6 Å². The third kappa shape index (κ3) is 4.79. The number of aromatic hydroxyl groups is 1. The predicted molar refractivity (Wildman–Crippen MR) is 137 cm³/mol. The number of fused-ring (bicyclic) bond motifs is 1. The molecule has 3 aromatic rings. The zero-order chi connectivity index (χ0) is 25.8. The molecule has 4 rings (SSSR count). The maximum atomic E-state index is 13.8. The lowest BCUT2D eigenvalue weighted by Gasteiger charge is -2.27. The number of phenols is 1. The van der Waals surface area contributed by atoms with Gasteiger partial charge in [0.25, 0.3) is 5.56 Å². The van der Waals surface area contributed by atoms with Crippen molar-refractivity contribution in [3.63, 3.8) is 0 Å². The van der Waals surface area contributed by atoms with Crippen LogP contribution in [0.25, 0.3) is 6.08 Å². The van der Waals surface area contributed by atoms with Crippen LogP contribution in [0.2, 0.25) is 0 Å². The van der Waals surface area contributed by atoms with E-state index in [1.807, 2.05) is 6.92 Å². The van der Waals surface area contributed by atoms with Crippen LogP contribution in [-0.4, -0.2) is 36.5 Å². The maximum Gasteiger partial charge on any atom is 0.338 e. The molecule has 0 fully saturated rings. The van der Waals surface area contributed by atoms with Gasteiger partial charge < -0.3 is 19.3 Å². The highest BCUT2D eigenvalue weighted by Gasteiger charge is 2.36. The minimum atomic E-state index is -0.821. The SMILES string of the molecule is CCCC1=C(C(=O)OCC)C(c2cc(OC)ccc2OC)n2c(sc(=Cc3cccc(O)c3)c2=O)=N1. The highest BCUT2D eigenvalue weighted by Crippen LogP contribution is 2.38. The summed E-state index contributed by atoms with van der Waals surface area (Å²) in [4.78, 5) is 32.3. The Morgan fingerprint density at radius 3 is 2.64 bits per heavy atom. The second-order valence-electron chi connectivity index (χ2n) is 8.12. The number of methoxy groups -OCH3 is 2. The first kappa shape index (κ1) is 25.2. The van der Waals surface area contributed by atoms with Crippen LogP contribution in [0.5, 0.6) is 17.2 Å². The number of aromatic nitrogens is 1. The third-order valence-corrected chi connectivity index (χ3v) is 6.77. The Morgan fingerprint density at radius 2 is 1.97 bits per heavy atom. The Kier molecular flexibility index (Phi) is 7.59. The fraction of sp³-hybridized carbons (Fsp3) is 0.296. The van der Waals surface area contributed by atoms with Crippen molar-refractivity contribution >= 4 is 23.4 Å². The zero-order valence-electron chi connectivity index (χ0n) is 20.6. The van der Waals surface area contributed by atoms with Gasteiger partial charge in [0, 0.05) is 5.56 Å². The van der Waals surface area contributed by atoms with Crippen LogP contribution in [0.3, 0.4) is 0 Å². The van der Waals surface area contributed by atoms with Gasteiger partial charge in [0.05, 0.1) is 36.6 Å². The van der Waals surface area contributed by atoms with E-state index in [-0.39, 0.29) is 17.9 Å². The largest absolute Gasteiger partial charge is 0.508 e. The van der Waals surface area contributed by atoms with Gasteiger partial charge in [0.15, 0.2) is 4.80 Å². The first-order valence-electron chi connectivity index (χ1n) is 11.6. The number of hydrogen-bond donors (Lipinski definition) is 1. The number of phenolic OH excluding ortho intramolecular Hbond substituents is 1. The minimum absolute atomic E-state index is 0.102. The topological polar surface area (TPSA) is 99.4 Å². The molecule has 36 heavy (non-hydrogen) atoms. The lowest BCUT2D eigenvalue weighted by atomic mass is 9.93. The molecule has 9 heteroatoms. The summed E-state index contributed by atoms with van der Waals surface area (Å²) >= 11 is 1.23. The Labute approximate surface area is 212 Å². The molecule has 188 valence electrons. The Balaban J connectivity index is 2.06. The number of carbonyl (C=O) groups excluding carboxylic acids is 1. The second-order valence-corrected chi connectivity index (χ2v) is 9.13. The second kappa shape index (κ2) is 10.8. The summed E-state index contributed by atoms with van der Waals surface area (Å²) in [5, 5.41) is 9.86. The van der Waals surface area contributed by atoms with Crippen molar-refractivity contribution in [2.75, 3.05) is 20.8 Å². The Hall–Kier alpha value is -3.85. The van der Waals surface area contributed by atoms with Gasteiger partial charge in [0.2, 0.25) is 0 Å². The van der Waals surface area contributed by atoms with E-state index < -0.39 is 12.0 Å². The Morgan fingerprint density at radius 1 is 1.17 bits per heavy atom. The number of ether oxygens (including phenoxy) is 3. The molecule has 2 aromatic carbocycles. The van der Waals surface area contributed by atoms with Gasteiger partial charge in [-0.25, -0.2) is 9.79 Å². The van der Waals surface area contributed by atoms with Crippen molar-refractivity contribution in [1.29, 1.82) is 0 Å². The molecular weight excluding hydrogens is 480 g/mol. The van der Waals surface area contributed by atoms with Crippen molar-refractivity contribution in [1.82, 2.24) is 4.57 Å². The molecule has 0 aliphatic carbocycles. The molecule has 2 heterocycles. The van der Waals surface area contributed by atoms with Gasteiger partial charge in [-0.15, -0.1) is 0 Å². The number of benzene rings is 2. The van der Waals surface area contributed by atoms with E-state index in [9.17, 15) is 14.7 Å². The number of nitrogens with zero attached hydrogens (tertiary/aromatic N) is 2. The van der Waals surface area contributed by atoms with E-state index in [0.717, 1.165) is 6.42 Å². The summed E-state index contributed by atoms with van der Waals surface area (Å²) in [6.45, 7) is 3.93. The summed E-state index contributed by atoms with van der Waals surface area (Å²) < 4.78 is 18.5. The predicted octanol–water partition coefficient (Wildman–Crippen LogP) is 3.30. The van der Waals surface area contributed by atoms with Crippen LogP contribution in [0.15, 0.2) is 63.5 Å². The number of allylic oxidation sites excluding steroid dienone is 1. The summed E-state index contributed by atoms with van der Waals surface area (Å²) in [5.74, 6) is 0.639. The van der Waals surface area contributed by atoms with Crippen molar-refractivity contribution in [3.8, 4) is 17.2 Å². The molecule has 1 unspecified atom stereocenters. The van der Waals surface area contributed by atoms with E-state index in [4.69, 9.17) is 19.2 Å². The normalized spacial score (nSPS) is 15.3. The van der Waals surface area contributed by atoms with Crippen LogP contribution in [0.1, 0.15) is 43.9 Å². The highest BCUT2D eigenvalue weighted by atomic mass is 32.1. The average Bonchev–Trinajstić information content (AvgIpc) is 3.17. The lowest BCUT2D eigenvalue weighted by Crippen LogP contribution is -2.40. The number of hydrogen-bond acceptors (Lipinski definition) is 8. The molecule has 1 aliphatic heterocycles. The van der Waals surface area contributed by atoms with Crippen molar-refractivity contribution in [2.45, 2.75) is 32.7 Å². The van der Waals surface area contributed by atoms with E-state index >= 15 is 0 Å². The number of rotatable bonds is 8. The van der Waals surface area contributed by atoms with Gasteiger partial charge >= 0.3 is 5.97 Å². The first-order chi connectivity index (χ1) is 17.4. The first-order valence-corrected chi connectivity index (χ1v) is 12.5. The molecule has 0 amide bonds. The van der Waals surface area contributed by atoms with Gasteiger partial charge in [-0.3, -0.25) is 9.36 Å². The average molecular weight is 509 g/mol. The number of esters is 1. The van der Waals surface area contributed by atoms with Crippen LogP contribution in [0, 0.1) is 0 Å². The summed E-state index contributed by atoms with van der Waals surface area (Å²) in [5.41, 5.74) is 1.84. The molecule has 1 aliphatic rings. The third-order valence-electron chi connectivity index (χ3n) is 5.79. The van der Waals surface area contributed by atoms with E-state index in [1.165, 1.54) is 23.0 Å². The molecule has 8 nitrogen and oxygen atoms in total. The molecule has 1 aromatic heterocycles. The van der Waals surface area contributed by atoms with E-state index in [2.05, 4.69) is 0 Å². The fourth-order valence-electron chi connectivity index (χ4n) is 4.23. The van der Waals surface area contributed by atoms with Crippen LogP contribution in [0.4, 0.5) is 0 Å². The Bertz CT molecular complexity index is 1500. The summed E-state index contributed by atoms with van der Waals surface area (Å²) in [6, 6.07) is 11.1. The molecule has 0 saturated heterocycles. The van der Waals surface area contributed by atoms with Crippen molar-refractivity contribution in [3.05, 3.63) is 84.5 Å². The van der Waals surface area contributed by atoms with Crippen molar-refractivity contribution < 1.29 is 24.1 Å². The van der Waals surface area contributed by atoms with Crippen molar-refractivity contribution in [2.24, 2.45) is 4.99 Å². The molecule has 0 spiro atoms. The van der Waals surface area contributed by atoms with Crippen LogP contribution < -0.4 is 24.4 Å². The standard InChI is InChI=1S/C27H28N2O6S/c1-5-8-20-23(26(32)35-6-2)24(19-15-18(33-3)11-12-21(19)34-4)29-25(31)22(36-27(29)28-20)14-16-9-7-10-17(30)13-16/h7,9-15,24,30H,5-6,8H2,1-4H3. The van der Waals surface area contributed by atoms with Gasteiger partial charge in [-0.2, -0.15) is 0 Å². The molecule has 1 N–H and O–H groups in total. The molecule has 0 saturated carbocycles. The monoisotopic (exact) mass is 508 g/mol. The minimum Gasteiger partial charge on any atom is -0.508 e.